The van der Waals surface area contributed by atoms with Crippen LogP contribution < -0.4 is 5.32 Å². The maximum absolute atomic E-state index is 14.2. The molecule has 0 spiro atoms. The van der Waals surface area contributed by atoms with Gasteiger partial charge in [0.05, 0.1) is 17.7 Å². The van der Waals surface area contributed by atoms with Crippen LogP contribution in [0.3, 0.4) is 0 Å². The smallest absolute Gasteiger partial charge is 0.436 e. The largest absolute Gasteiger partial charge is 0.465 e. The summed E-state index contributed by atoms with van der Waals surface area (Å²) >= 11 is 0. The van der Waals surface area contributed by atoms with Crippen molar-refractivity contribution >= 4 is 47.6 Å². The second-order valence-electron chi connectivity index (χ2n) is 17.0. The van der Waals surface area contributed by atoms with Crippen LogP contribution in [0.1, 0.15) is 102 Å². The second-order valence-corrected chi connectivity index (χ2v) is 17.0. The Morgan fingerprint density at radius 1 is 0.852 bits per heavy atom. The summed E-state index contributed by atoms with van der Waals surface area (Å²) in [6.07, 6.45) is -1.61. The van der Waals surface area contributed by atoms with Gasteiger partial charge in [0.1, 0.15) is 29.4 Å². The zero-order valence-electron chi connectivity index (χ0n) is 36.1. The topological polar surface area (TPSA) is 231 Å². The van der Waals surface area contributed by atoms with Gasteiger partial charge in [0.25, 0.3) is 11.6 Å². The third-order valence-corrected chi connectivity index (χ3v) is 8.46. The lowest BCUT2D eigenvalue weighted by atomic mass is 10.0. The number of non-ortho nitro benzene ring substituents is 1. The number of aromatic nitrogens is 2. The Balaban J connectivity index is 1.68. The molecule has 1 N–H and O–H groups in total. The van der Waals surface area contributed by atoms with E-state index in [1.165, 1.54) is 48.5 Å². The normalized spacial score (nSPS) is 13.6. The molecule has 19 heteroatoms. The number of nitro groups is 1. The van der Waals surface area contributed by atoms with E-state index in [-0.39, 0.29) is 49.5 Å². The zero-order valence-corrected chi connectivity index (χ0v) is 36.1. The second kappa shape index (κ2) is 19.2. The van der Waals surface area contributed by atoms with Crippen LogP contribution in [-0.2, 0) is 54.5 Å². The number of hydrogen-bond donors (Lipinski definition) is 1. The summed E-state index contributed by atoms with van der Waals surface area (Å²) < 4.78 is 23.0. The van der Waals surface area contributed by atoms with Crippen molar-refractivity contribution in [1.29, 1.82) is 0 Å². The third kappa shape index (κ3) is 13.7. The molecule has 0 fully saturated rings. The lowest BCUT2D eigenvalue weighted by molar-refractivity contribution is -0.384. The molecule has 0 aliphatic carbocycles. The van der Waals surface area contributed by atoms with Gasteiger partial charge in [-0.05, 0) is 86.9 Å². The van der Waals surface area contributed by atoms with Crippen molar-refractivity contribution in [3.05, 3.63) is 92.8 Å². The van der Waals surface area contributed by atoms with E-state index in [4.69, 9.17) is 18.9 Å². The molecule has 2 aromatic carbocycles. The molecule has 4 rings (SSSR count). The van der Waals surface area contributed by atoms with Gasteiger partial charge in [-0.25, -0.2) is 14.4 Å². The third-order valence-electron chi connectivity index (χ3n) is 8.46. The average molecular weight is 848 g/mol. The first-order chi connectivity index (χ1) is 28.3. The number of imide groups is 1. The van der Waals surface area contributed by atoms with Crippen LogP contribution in [-0.4, -0.2) is 102 Å². The molecule has 328 valence electrons. The first kappa shape index (κ1) is 47.0. The van der Waals surface area contributed by atoms with Crippen molar-refractivity contribution in [2.24, 2.45) is 4.99 Å². The van der Waals surface area contributed by atoms with Crippen molar-refractivity contribution in [1.82, 2.24) is 24.9 Å². The van der Waals surface area contributed by atoms with Crippen LogP contribution in [0.5, 0.6) is 0 Å². The summed E-state index contributed by atoms with van der Waals surface area (Å²) in [5.41, 5.74) is -1.22. The lowest BCUT2D eigenvalue weighted by Gasteiger charge is -2.31. The molecule has 1 aliphatic rings. The Morgan fingerprint density at radius 3 is 1.93 bits per heavy atom. The van der Waals surface area contributed by atoms with E-state index < -0.39 is 69.7 Å². The van der Waals surface area contributed by atoms with Gasteiger partial charge in [-0.2, -0.15) is 15.0 Å². The number of nitrogens with one attached hydrogen (secondary N) is 1. The Hall–Kier alpha value is -6.66. The fraction of sp³-hybridized carbons (Fsp3) is 0.476. The maximum atomic E-state index is 14.2. The number of fused-ring (bicyclic) bond motifs is 1. The maximum Gasteiger partial charge on any atom is 0.436 e. The highest BCUT2D eigenvalue weighted by Crippen LogP contribution is 2.23. The van der Waals surface area contributed by atoms with Crippen LogP contribution in [0.2, 0.25) is 0 Å². The van der Waals surface area contributed by atoms with Crippen molar-refractivity contribution in [2.45, 2.75) is 118 Å². The van der Waals surface area contributed by atoms with Crippen molar-refractivity contribution in [3.63, 3.8) is 0 Å². The number of carbonyl (C=O) groups is 6. The van der Waals surface area contributed by atoms with Crippen LogP contribution in [0.15, 0.2) is 59.7 Å². The van der Waals surface area contributed by atoms with Gasteiger partial charge >= 0.3 is 24.2 Å². The van der Waals surface area contributed by atoms with E-state index in [9.17, 15) is 38.9 Å². The first-order valence-electron chi connectivity index (χ1n) is 19.5. The number of benzene rings is 2. The summed E-state index contributed by atoms with van der Waals surface area (Å²) in [6, 6.07) is 9.82. The molecule has 0 radical (unpaired) electrons. The molecule has 1 aromatic heterocycles. The summed E-state index contributed by atoms with van der Waals surface area (Å²) in [4.78, 5) is 97.4. The zero-order chi connectivity index (χ0) is 45.4. The van der Waals surface area contributed by atoms with Crippen molar-refractivity contribution in [3.8, 4) is 0 Å². The van der Waals surface area contributed by atoms with E-state index >= 15 is 0 Å². The number of nitro benzene ring substituents is 1. The van der Waals surface area contributed by atoms with Gasteiger partial charge < -0.3 is 29.2 Å². The van der Waals surface area contributed by atoms with Crippen LogP contribution in [0.4, 0.5) is 20.1 Å². The van der Waals surface area contributed by atoms with Gasteiger partial charge in [0.2, 0.25) is 5.91 Å². The highest BCUT2D eigenvalue weighted by Gasteiger charge is 2.37. The number of amidine groups is 1. The van der Waals surface area contributed by atoms with Crippen molar-refractivity contribution < 1.29 is 52.6 Å². The standard InChI is InChI=1S/C42H53N7O12/c1-11-58-33(50)25-47-32-20-21-46(24-29(32)23-43-47)36(52)31(22-26-12-18-30(19-13-26)49(56)57)44-35(51)28-16-14-27(15-17-28)34(45-37(53)59-40(2,3)4)48(38(54)60-41(5,6)7)39(55)61-42(8,9)10/h12-19,23,31H,11,20-22,24-25H2,1-10H3,(H,44,51)/t31-/m0/s1. The molecule has 3 aromatic rings. The molecule has 0 saturated heterocycles. The number of amides is 5. The van der Waals surface area contributed by atoms with Gasteiger partial charge in [0.15, 0.2) is 5.84 Å². The molecule has 1 atom stereocenters. The molecule has 61 heavy (non-hydrogen) atoms. The number of nitrogens with zero attached hydrogens (tertiary/aromatic N) is 6. The predicted octanol–water partition coefficient (Wildman–Crippen LogP) is 6.13. The highest BCUT2D eigenvalue weighted by atomic mass is 16.6. The lowest BCUT2D eigenvalue weighted by Crippen LogP contribution is -2.51. The molecule has 0 unspecified atom stereocenters. The molecule has 2 heterocycles. The number of esters is 1. The molecule has 0 bridgehead atoms. The number of hydrogen-bond acceptors (Lipinski definition) is 13. The summed E-state index contributed by atoms with van der Waals surface area (Å²) in [5.74, 6) is -2.08. The van der Waals surface area contributed by atoms with E-state index in [0.29, 0.717) is 16.9 Å². The Labute approximate surface area is 353 Å². The SMILES string of the molecule is CCOC(=O)Cn1ncc2c1CCN(C(=O)[C@H](Cc1ccc([N+](=O)[O-])cc1)NC(=O)c1ccc(C(=NC(=O)OC(C)(C)C)N(C(=O)OC(C)(C)C)C(=O)OC(C)(C)C)cc1)C2. The monoisotopic (exact) mass is 847 g/mol. The fourth-order valence-electron chi connectivity index (χ4n) is 5.95. The van der Waals surface area contributed by atoms with Gasteiger partial charge in [-0.1, -0.05) is 24.3 Å². The molecular weight excluding hydrogens is 794 g/mol. The molecule has 0 saturated carbocycles. The molecular formula is C42H53N7O12. The Morgan fingerprint density at radius 2 is 1.41 bits per heavy atom. The van der Waals surface area contributed by atoms with Crippen molar-refractivity contribution in [2.75, 3.05) is 13.2 Å². The number of carbonyl (C=O) groups excluding carboxylic acids is 6. The van der Waals surface area contributed by atoms with E-state index in [1.807, 2.05) is 0 Å². The predicted molar refractivity (Wildman–Crippen MR) is 220 cm³/mol. The molecule has 19 nitrogen and oxygen atoms in total. The minimum Gasteiger partial charge on any atom is -0.465 e. The molecule has 5 amide bonds. The minimum absolute atomic E-state index is 0.0188. The van der Waals surface area contributed by atoms with Gasteiger partial charge in [0, 0.05) is 60.4 Å². The fourth-order valence-corrected chi connectivity index (χ4v) is 5.95. The van der Waals surface area contributed by atoms with Crippen LogP contribution >= 0.6 is 0 Å². The van der Waals surface area contributed by atoms with Crippen LogP contribution in [0.25, 0.3) is 0 Å². The van der Waals surface area contributed by atoms with E-state index in [0.717, 1.165) is 11.3 Å². The summed E-state index contributed by atoms with van der Waals surface area (Å²) in [5, 5.41) is 18.4. The highest BCUT2D eigenvalue weighted by molar-refractivity contribution is 6.18. The van der Waals surface area contributed by atoms with Gasteiger partial charge in [-0.15, -0.1) is 0 Å². The number of ether oxygens (including phenoxy) is 4. The quantitative estimate of drug-likeness (QED) is 0.0605. The molecule has 1 aliphatic heterocycles. The summed E-state index contributed by atoms with van der Waals surface area (Å²) in [7, 11) is 0. The summed E-state index contributed by atoms with van der Waals surface area (Å²) in [6.45, 7) is 16.6. The van der Waals surface area contributed by atoms with Gasteiger partial charge in [-0.3, -0.25) is 29.2 Å². The Bertz CT molecular complexity index is 2130. The first-order valence-corrected chi connectivity index (χ1v) is 19.5. The van der Waals surface area contributed by atoms with E-state index in [1.54, 1.807) is 85.0 Å². The Kier molecular flexibility index (Phi) is 14.8. The number of rotatable bonds is 10. The minimum atomic E-state index is -1.20. The van der Waals surface area contributed by atoms with E-state index in [2.05, 4.69) is 15.4 Å². The average Bonchev–Trinajstić information content (AvgIpc) is 3.53. The van der Waals surface area contributed by atoms with Crippen LogP contribution in [0, 0.1) is 10.1 Å². The number of aliphatic imine (C=N–C) groups is 1.